The number of nitriles is 1. The molecule has 35 heavy (non-hydrogen) atoms. The number of ether oxygens (including phenoxy) is 1. The van der Waals surface area contributed by atoms with Crippen LogP contribution in [0.25, 0.3) is 0 Å². The van der Waals surface area contributed by atoms with E-state index in [4.69, 9.17) is 4.74 Å². The summed E-state index contributed by atoms with van der Waals surface area (Å²) in [5.41, 5.74) is 3.25. The van der Waals surface area contributed by atoms with Crippen LogP contribution in [0.4, 0.5) is 0 Å². The monoisotopic (exact) mass is 464 g/mol. The zero-order valence-corrected chi connectivity index (χ0v) is 20.6. The van der Waals surface area contributed by atoms with Crippen molar-refractivity contribution in [1.29, 1.82) is 5.26 Å². The molecule has 3 aromatic carbocycles. The lowest BCUT2D eigenvalue weighted by Crippen LogP contribution is -2.49. The lowest BCUT2D eigenvalue weighted by Gasteiger charge is -2.46. The van der Waals surface area contributed by atoms with Crippen molar-refractivity contribution in [3.8, 4) is 6.07 Å². The Morgan fingerprint density at radius 3 is 2.00 bits per heavy atom. The highest BCUT2D eigenvalue weighted by molar-refractivity contribution is 5.36. The summed E-state index contributed by atoms with van der Waals surface area (Å²) >= 11 is 0. The third-order valence-electron chi connectivity index (χ3n) is 8.26. The summed E-state index contributed by atoms with van der Waals surface area (Å²) in [5.74, 6) is 0.567. The van der Waals surface area contributed by atoms with Crippen molar-refractivity contribution in [1.82, 2.24) is 4.90 Å². The average Bonchev–Trinajstić information content (AvgIpc) is 3.40. The van der Waals surface area contributed by atoms with Crippen LogP contribution in [0.5, 0.6) is 0 Å². The van der Waals surface area contributed by atoms with Gasteiger partial charge in [0.25, 0.3) is 0 Å². The number of benzene rings is 3. The van der Waals surface area contributed by atoms with Crippen molar-refractivity contribution < 1.29 is 4.74 Å². The zero-order chi connectivity index (χ0) is 23.9. The van der Waals surface area contributed by atoms with E-state index in [1.807, 2.05) is 6.07 Å². The molecule has 1 heterocycles. The first-order valence-corrected chi connectivity index (χ1v) is 13.2. The molecule has 3 atom stereocenters. The Kier molecular flexibility index (Phi) is 7.62. The Hall–Kier alpha value is -2.93. The maximum Gasteiger partial charge on any atom is 0.0904 e. The van der Waals surface area contributed by atoms with E-state index in [1.54, 1.807) is 0 Å². The average molecular weight is 465 g/mol. The molecule has 1 aliphatic heterocycles. The van der Waals surface area contributed by atoms with Gasteiger partial charge in [0.05, 0.1) is 24.2 Å². The standard InChI is InChI=1S/C32H36N2O/c33-25-32(28-15-8-3-9-16-28,29-19-21-34(22-20-29)23-26-11-4-1-5-12-26)30-17-10-18-31(30)35-24-27-13-6-2-7-14-27/h1-9,11-16,29-31H,10,17-24H2/t30-,31-,32?/m1/s1. The van der Waals surface area contributed by atoms with Gasteiger partial charge in [-0.05, 0) is 61.4 Å². The maximum absolute atomic E-state index is 10.9. The fourth-order valence-corrected chi connectivity index (χ4v) is 6.52. The Labute approximate surface area is 210 Å². The fraction of sp³-hybridized carbons (Fsp3) is 0.406. The molecule has 180 valence electrons. The first kappa shape index (κ1) is 23.8. The molecule has 3 aromatic rings. The van der Waals surface area contributed by atoms with E-state index in [2.05, 4.69) is 95.9 Å². The van der Waals surface area contributed by atoms with Gasteiger partial charge in [-0.25, -0.2) is 0 Å². The topological polar surface area (TPSA) is 36.3 Å². The number of likely N-dealkylation sites (tertiary alicyclic amines) is 1. The van der Waals surface area contributed by atoms with Crippen LogP contribution in [0.1, 0.15) is 48.8 Å². The van der Waals surface area contributed by atoms with Crippen LogP contribution in [0.3, 0.4) is 0 Å². The van der Waals surface area contributed by atoms with E-state index in [0.29, 0.717) is 12.5 Å². The maximum atomic E-state index is 10.9. The molecule has 0 amide bonds. The summed E-state index contributed by atoms with van der Waals surface area (Å²) in [6.07, 6.45) is 5.46. The van der Waals surface area contributed by atoms with Crippen molar-refractivity contribution in [2.45, 2.75) is 56.8 Å². The van der Waals surface area contributed by atoms with Crippen LogP contribution in [0, 0.1) is 23.2 Å². The van der Waals surface area contributed by atoms with Crippen molar-refractivity contribution in [3.63, 3.8) is 0 Å². The third-order valence-corrected chi connectivity index (χ3v) is 8.26. The van der Waals surface area contributed by atoms with E-state index >= 15 is 0 Å². The highest BCUT2D eigenvalue weighted by atomic mass is 16.5. The van der Waals surface area contributed by atoms with Crippen molar-refractivity contribution in [2.75, 3.05) is 13.1 Å². The Morgan fingerprint density at radius 1 is 0.771 bits per heavy atom. The number of rotatable bonds is 8. The van der Waals surface area contributed by atoms with Crippen molar-refractivity contribution >= 4 is 0 Å². The van der Waals surface area contributed by atoms with Crippen LogP contribution < -0.4 is 0 Å². The quantitative estimate of drug-likeness (QED) is 0.370. The SMILES string of the molecule is N#CC(c1ccccc1)(C1CCN(Cc2ccccc2)CC1)[C@@H]1CCC[C@H]1OCc1ccccc1. The lowest BCUT2D eigenvalue weighted by molar-refractivity contribution is -0.0170. The Morgan fingerprint density at radius 2 is 1.37 bits per heavy atom. The molecule has 1 saturated heterocycles. The molecule has 3 heteroatoms. The molecular formula is C32H36N2O. The second-order valence-corrected chi connectivity index (χ2v) is 10.3. The van der Waals surface area contributed by atoms with Crippen LogP contribution in [0.2, 0.25) is 0 Å². The lowest BCUT2D eigenvalue weighted by atomic mass is 9.59. The van der Waals surface area contributed by atoms with Crippen molar-refractivity contribution in [2.24, 2.45) is 11.8 Å². The van der Waals surface area contributed by atoms with Crippen LogP contribution in [0.15, 0.2) is 91.0 Å². The molecule has 0 aromatic heterocycles. The van der Waals surface area contributed by atoms with Gasteiger partial charge in [-0.15, -0.1) is 0 Å². The number of nitrogens with zero attached hydrogens (tertiary/aromatic N) is 2. The first-order valence-electron chi connectivity index (χ1n) is 13.2. The molecule has 2 aliphatic rings. The normalized spacial score (nSPS) is 22.9. The largest absolute Gasteiger partial charge is 0.373 e. The number of hydrogen-bond acceptors (Lipinski definition) is 3. The summed E-state index contributed by atoms with van der Waals surface area (Å²) in [6.45, 7) is 3.69. The molecule has 1 aliphatic carbocycles. The Bertz CT molecular complexity index is 1090. The van der Waals surface area contributed by atoms with Gasteiger partial charge in [0.1, 0.15) is 0 Å². The molecule has 1 unspecified atom stereocenters. The van der Waals surface area contributed by atoms with Crippen LogP contribution in [-0.2, 0) is 23.3 Å². The van der Waals surface area contributed by atoms with Gasteiger partial charge in [-0.2, -0.15) is 5.26 Å². The second-order valence-electron chi connectivity index (χ2n) is 10.3. The summed E-state index contributed by atoms with van der Waals surface area (Å²) in [6, 6.07) is 34.7. The number of piperidine rings is 1. The van der Waals surface area contributed by atoms with Gasteiger partial charge in [0, 0.05) is 12.5 Å². The minimum Gasteiger partial charge on any atom is -0.373 e. The van der Waals surface area contributed by atoms with Gasteiger partial charge >= 0.3 is 0 Å². The highest BCUT2D eigenvalue weighted by Gasteiger charge is 2.52. The summed E-state index contributed by atoms with van der Waals surface area (Å²) < 4.78 is 6.56. The molecule has 0 bridgehead atoms. The first-order chi connectivity index (χ1) is 17.3. The molecule has 1 saturated carbocycles. The minimum absolute atomic E-state index is 0.123. The van der Waals surface area contributed by atoms with E-state index in [9.17, 15) is 5.26 Å². The summed E-state index contributed by atoms with van der Waals surface area (Å²) in [7, 11) is 0. The van der Waals surface area contributed by atoms with Crippen molar-refractivity contribution in [3.05, 3.63) is 108 Å². The fourth-order valence-electron chi connectivity index (χ4n) is 6.52. The van der Waals surface area contributed by atoms with Gasteiger partial charge in [0.2, 0.25) is 0 Å². The molecule has 0 spiro atoms. The highest BCUT2D eigenvalue weighted by Crippen LogP contribution is 2.51. The van der Waals surface area contributed by atoms with Gasteiger partial charge in [-0.3, -0.25) is 4.90 Å². The van der Waals surface area contributed by atoms with Crippen LogP contribution >= 0.6 is 0 Å². The van der Waals surface area contributed by atoms with Crippen LogP contribution in [-0.4, -0.2) is 24.1 Å². The van der Waals surface area contributed by atoms with E-state index in [-0.39, 0.29) is 12.0 Å². The molecule has 0 radical (unpaired) electrons. The summed E-state index contributed by atoms with van der Waals surface area (Å²) in [4.78, 5) is 2.55. The minimum atomic E-state index is -0.502. The van der Waals surface area contributed by atoms with E-state index in [0.717, 1.165) is 51.7 Å². The molecule has 3 nitrogen and oxygen atoms in total. The molecule has 5 rings (SSSR count). The van der Waals surface area contributed by atoms with Gasteiger partial charge < -0.3 is 4.74 Å². The molecule has 2 fully saturated rings. The predicted molar refractivity (Wildman–Crippen MR) is 141 cm³/mol. The Balaban J connectivity index is 1.36. The predicted octanol–water partition coefficient (Wildman–Crippen LogP) is 6.75. The second kappa shape index (κ2) is 11.2. The van der Waals surface area contributed by atoms with Gasteiger partial charge in [-0.1, -0.05) is 97.4 Å². The smallest absolute Gasteiger partial charge is 0.0904 e. The summed E-state index contributed by atoms with van der Waals surface area (Å²) in [5, 5.41) is 10.9. The van der Waals surface area contributed by atoms with Gasteiger partial charge in [0.15, 0.2) is 0 Å². The molecular weight excluding hydrogens is 428 g/mol. The third kappa shape index (κ3) is 5.20. The van der Waals surface area contributed by atoms with E-state index in [1.165, 1.54) is 16.7 Å². The number of hydrogen-bond donors (Lipinski definition) is 0. The molecule has 0 N–H and O–H groups in total. The van der Waals surface area contributed by atoms with E-state index < -0.39 is 5.41 Å². The zero-order valence-electron chi connectivity index (χ0n) is 20.6.